The highest BCUT2D eigenvalue weighted by Crippen LogP contribution is 2.30. The molecule has 1 N–H and O–H groups in total. The molecule has 0 heterocycles. The molecule has 2 rings (SSSR count). The Hall–Kier alpha value is -2.53. The minimum atomic E-state index is -5.17. The number of nitrogens with zero attached hydrogens (tertiary/aromatic N) is 1. The number of carboxylic acid groups (broad SMARTS) is 1. The van der Waals surface area contributed by atoms with Gasteiger partial charge in [-0.15, -0.1) is 0 Å². The van der Waals surface area contributed by atoms with Crippen molar-refractivity contribution >= 4 is 16.0 Å². The number of carbonyl (C=O) groups is 1. The molecule has 0 bridgehead atoms. The fraction of sp³-hybridized carbons (Fsp3) is 0.188. The number of carboxylic acids is 1. The lowest BCUT2D eigenvalue weighted by Crippen LogP contribution is -2.36. The van der Waals surface area contributed by atoms with E-state index in [0.29, 0.717) is 6.92 Å². The number of hydrogen-bond donors (Lipinski definition) is 1. The van der Waals surface area contributed by atoms with E-state index in [1.54, 1.807) is 0 Å². The van der Waals surface area contributed by atoms with E-state index in [-0.39, 0.29) is 9.87 Å². The zero-order valence-corrected chi connectivity index (χ0v) is 14.5. The summed E-state index contributed by atoms with van der Waals surface area (Å²) in [5.74, 6) is -11.3. The Labute approximate surface area is 150 Å². The Morgan fingerprint density at radius 2 is 1.56 bits per heavy atom. The fourth-order valence-corrected chi connectivity index (χ4v) is 3.99. The van der Waals surface area contributed by atoms with Crippen molar-refractivity contribution in [2.24, 2.45) is 0 Å². The van der Waals surface area contributed by atoms with Crippen LogP contribution >= 0.6 is 0 Å². The molecule has 0 aliphatic heterocycles. The lowest BCUT2D eigenvalue weighted by molar-refractivity contribution is -0.137. The van der Waals surface area contributed by atoms with Crippen LogP contribution in [-0.2, 0) is 21.4 Å². The summed E-state index contributed by atoms with van der Waals surface area (Å²) >= 11 is 0. The first kappa shape index (κ1) is 20.8. The summed E-state index contributed by atoms with van der Waals surface area (Å²) in [5.41, 5.74) is -1.33. The van der Waals surface area contributed by atoms with E-state index < -0.39 is 68.6 Å². The van der Waals surface area contributed by atoms with Crippen LogP contribution in [0.3, 0.4) is 0 Å². The molecule has 0 aromatic heterocycles. The monoisotopic (exact) mass is 409 g/mol. The average molecular weight is 409 g/mol. The summed E-state index contributed by atoms with van der Waals surface area (Å²) in [4.78, 5) is 9.46. The quantitative estimate of drug-likeness (QED) is 0.452. The summed E-state index contributed by atoms with van der Waals surface area (Å²) < 4.78 is 94.0. The Bertz CT molecular complexity index is 981. The third kappa shape index (κ3) is 3.93. The van der Waals surface area contributed by atoms with Gasteiger partial charge in [-0.25, -0.2) is 30.4 Å². The van der Waals surface area contributed by atoms with Gasteiger partial charge in [-0.2, -0.15) is 4.31 Å². The minimum Gasteiger partial charge on any atom is -0.480 e. The third-order valence-electron chi connectivity index (χ3n) is 3.66. The van der Waals surface area contributed by atoms with Crippen molar-refractivity contribution in [3.8, 4) is 0 Å². The first-order valence-corrected chi connectivity index (χ1v) is 8.70. The summed E-state index contributed by atoms with van der Waals surface area (Å²) in [5, 5.41) is 8.93. The predicted octanol–water partition coefficient (Wildman–Crippen LogP) is 2.97. The van der Waals surface area contributed by atoms with Gasteiger partial charge in [0.25, 0.3) is 0 Å². The Morgan fingerprint density at radius 1 is 1.00 bits per heavy atom. The summed E-state index contributed by atoms with van der Waals surface area (Å²) in [6, 6.07) is 4.76. The van der Waals surface area contributed by atoms with E-state index in [1.807, 2.05) is 0 Å². The number of sulfonamides is 1. The van der Waals surface area contributed by atoms with Crippen LogP contribution in [-0.4, -0.2) is 30.3 Å². The van der Waals surface area contributed by atoms with Crippen LogP contribution in [0.5, 0.6) is 0 Å². The van der Waals surface area contributed by atoms with Crippen LogP contribution in [0.15, 0.2) is 29.2 Å². The summed E-state index contributed by atoms with van der Waals surface area (Å²) in [6.07, 6.45) is 0. The van der Waals surface area contributed by atoms with Crippen LogP contribution in [0, 0.1) is 36.0 Å². The van der Waals surface area contributed by atoms with Crippen LogP contribution in [0.25, 0.3) is 0 Å². The number of halogens is 5. The second-order valence-electron chi connectivity index (χ2n) is 5.47. The number of aliphatic carboxylic acids is 1. The molecule has 0 spiro atoms. The maximum absolute atomic E-state index is 14.1. The molecule has 5 nitrogen and oxygen atoms in total. The summed E-state index contributed by atoms with van der Waals surface area (Å²) in [6.45, 7) is -1.42. The maximum atomic E-state index is 14.1. The highest BCUT2D eigenvalue weighted by Gasteiger charge is 2.36. The molecule has 0 aliphatic carbocycles. The smallest absolute Gasteiger partial charge is 0.318 e. The fourth-order valence-electron chi connectivity index (χ4n) is 2.35. The van der Waals surface area contributed by atoms with E-state index in [0.717, 1.165) is 12.1 Å². The Kier molecular flexibility index (Phi) is 5.85. The largest absolute Gasteiger partial charge is 0.480 e. The molecule has 0 amide bonds. The molecule has 0 atom stereocenters. The van der Waals surface area contributed by atoms with Gasteiger partial charge in [-0.1, -0.05) is 18.2 Å². The number of benzene rings is 2. The van der Waals surface area contributed by atoms with Gasteiger partial charge in [0.1, 0.15) is 17.3 Å². The predicted molar refractivity (Wildman–Crippen MR) is 82.6 cm³/mol. The normalized spacial score (nSPS) is 11.8. The number of rotatable bonds is 6. The van der Waals surface area contributed by atoms with Gasteiger partial charge >= 0.3 is 5.97 Å². The third-order valence-corrected chi connectivity index (χ3v) is 5.60. The zero-order chi connectivity index (χ0) is 20.5. The van der Waals surface area contributed by atoms with Crippen LogP contribution < -0.4 is 0 Å². The van der Waals surface area contributed by atoms with Gasteiger partial charge in [-0.05, 0) is 13.0 Å². The first-order chi connectivity index (χ1) is 12.5. The Morgan fingerprint density at radius 3 is 2.11 bits per heavy atom. The highest BCUT2D eigenvalue weighted by molar-refractivity contribution is 7.89. The summed E-state index contributed by atoms with van der Waals surface area (Å²) in [7, 11) is -5.17. The van der Waals surface area contributed by atoms with Crippen molar-refractivity contribution in [1.82, 2.24) is 4.31 Å². The van der Waals surface area contributed by atoms with Crippen molar-refractivity contribution in [2.45, 2.75) is 18.4 Å². The van der Waals surface area contributed by atoms with E-state index in [4.69, 9.17) is 5.11 Å². The van der Waals surface area contributed by atoms with Crippen LogP contribution in [0.2, 0.25) is 0 Å². The zero-order valence-electron chi connectivity index (χ0n) is 13.6. The Balaban J connectivity index is 2.65. The molecule has 11 heteroatoms. The van der Waals surface area contributed by atoms with Gasteiger partial charge in [0, 0.05) is 17.7 Å². The van der Waals surface area contributed by atoms with Gasteiger partial charge < -0.3 is 5.11 Å². The molecular formula is C16H12F5NO4S. The molecule has 27 heavy (non-hydrogen) atoms. The van der Waals surface area contributed by atoms with Gasteiger partial charge in [0.2, 0.25) is 10.0 Å². The highest BCUT2D eigenvalue weighted by atomic mass is 32.2. The molecule has 0 fully saturated rings. The number of hydrogen-bond acceptors (Lipinski definition) is 3. The van der Waals surface area contributed by atoms with Gasteiger partial charge in [-0.3, -0.25) is 4.79 Å². The molecule has 2 aromatic rings. The molecule has 0 saturated carbocycles. The van der Waals surface area contributed by atoms with Crippen molar-refractivity contribution in [3.63, 3.8) is 0 Å². The van der Waals surface area contributed by atoms with Crippen molar-refractivity contribution in [3.05, 3.63) is 64.5 Å². The van der Waals surface area contributed by atoms with E-state index in [2.05, 4.69) is 0 Å². The van der Waals surface area contributed by atoms with E-state index >= 15 is 0 Å². The molecular weight excluding hydrogens is 397 g/mol. The van der Waals surface area contributed by atoms with E-state index in [9.17, 15) is 35.2 Å². The molecule has 0 saturated heterocycles. The second kappa shape index (κ2) is 7.61. The topological polar surface area (TPSA) is 74.7 Å². The second-order valence-corrected chi connectivity index (χ2v) is 7.34. The first-order valence-electron chi connectivity index (χ1n) is 7.26. The SMILES string of the molecule is Cc1c(F)c(F)c(F)c(F)c1S(=O)(=O)N(CC(=O)O)Cc1ccccc1F. The molecule has 0 radical (unpaired) electrons. The lowest BCUT2D eigenvalue weighted by atomic mass is 10.2. The average Bonchev–Trinajstić information content (AvgIpc) is 2.59. The molecule has 0 unspecified atom stereocenters. The molecule has 146 valence electrons. The standard InChI is InChI=1S/C16H12F5NO4S/c1-8-12(18)13(19)14(20)15(21)16(8)27(25,26)22(7-11(23)24)6-9-4-2-3-5-10(9)17/h2-5H,6-7H2,1H3,(H,23,24). The van der Waals surface area contributed by atoms with Crippen molar-refractivity contribution in [1.29, 1.82) is 0 Å². The minimum absolute atomic E-state index is 0.121. The lowest BCUT2D eigenvalue weighted by Gasteiger charge is -2.22. The van der Waals surface area contributed by atoms with Crippen molar-refractivity contribution in [2.75, 3.05) is 6.54 Å². The van der Waals surface area contributed by atoms with Crippen LogP contribution in [0.4, 0.5) is 22.0 Å². The maximum Gasteiger partial charge on any atom is 0.318 e. The molecule has 2 aromatic carbocycles. The van der Waals surface area contributed by atoms with Crippen molar-refractivity contribution < 1.29 is 40.3 Å². The molecule has 0 aliphatic rings. The van der Waals surface area contributed by atoms with Gasteiger partial charge in [0.05, 0.1) is 0 Å². The van der Waals surface area contributed by atoms with E-state index in [1.165, 1.54) is 12.1 Å². The van der Waals surface area contributed by atoms with Gasteiger partial charge in [0.15, 0.2) is 23.3 Å². The van der Waals surface area contributed by atoms with Crippen LogP contribution in [0.1, 0.15) is 11.1 Å².